The van der Waals surface area contributed by atoms with Gasteiger partial charge in [0, 0.05) is 29.4 Å². The molecule has 0 amide bonds. The summed E-state index contributed by atoms with van der Waals surface area (Å²) < 4.78 is 7.24. The highest BCUT2D eigenvalue weighted by molar-refractivity contribution is 5.85. The number of ether oxygens (including phenoxy) is 1. The molecule has 0 saturated heterocycles. The third-order valence-electron chi connectivity index (χ3n) is 5.31. The fourth-order valence-electron chi connectivity index (χ4n) is 3.57. The predicted octanol–water partition coefficient (Wildman–Crippen LogP) is 1.96. The van der Waals surface area contributed by atoms with Crippen LogP contribution in [0.2, 0.25) is 0 Å². The predicted molar refractivity (Wildman–Crippen MR) is 122 cm³/mol. The number of hydrogen-bond donors (Lipinski definition) is 4. The number of halogens is 1. The lowest BCUT2D eigenvalue weighted by Crippen LogP contribution is -2.44. The van der Waals surface area contributed by atoms with E-state index in [2.05, 4.69) is 14.9 Å². The third-order valence-corrected chi connectivity index (χ3v) is 5.31. The molecule has 0 saturated carbocycles. The van der Waals surface area contributed by atoms with Crippen molar-refractivity contribution in [1.29, 1.82) is 0 Å². The summed E-state index contributed by atoms with van der Waals surface area (Å²) in [4.78, 5) is 30.6. The van der Waals surface area contributed by atoms with Gasteiger partial charge in [-0.2, -0.15) is 0 Å². The molecule has 1 aliphatic heterocycles. The maximum Gasteiger partial charge on any atom is 0.323 e. The molecule has 2 atom stereocenters. The number of rotatable bonds is 8. The van der Waals surface area contributed by atoms with Crippen LogP contribution >= 0.6 is 12.4 Å². The molecule has 1 aromatic carbocycles. The van der Waals surface area contributed by atoms with Gasteiger partial charge in [0.15, 0.2) is 0 Å². The van der Waals surface area contributed by atoms with Crippen LogP contribution in [0, 0.1) is 6.92 Å². The molecular weight excluding hydrogens is 436 g/mol. The Hall–Kier alpha value is -3.14. The fourth-order valence-corrected chi connectivity index (χ4v) is 3.57. The zero-order valence-electron chi connectivity index (χ0n) is 17.7. The number of pyridine rings is 1. The van der Waals surface area contributed by atoms with Crippen LogP contribution in [0.4, 0.5) is 0 Å². The summed E-state index contributed by atoms with van der Waals surface area (Å²) in [5.41, 5.74) is 4.91. The lowest BCUT2D eigenvalue weighted by atomic mass is 10.1. The van der Waals surface area contributed by atoms with Crippen LogP contribution < -0.4 is 10.9 Å². The Kier molecular flexibility index (Phi) is 7.02. The Labute approximate surface area is 190 Å². The smallest absolute Gasteiger partial charge is 0.323 e. The number of nitrogens with zero attached hydrogens (tertiary/aromatic N) is 2. The second-order valence-electron chi connectivity index (χ2n) is 7.77. The Bertz CT molecular complexity index is 1230. The minimum absolute atomic E-state index is 0. The number of nitrogens with one attached hydrogen (secondary N) is 2. The monoisotopic (exact) mass is 460 g/mol. The van der Waals surface area contributed by atoms with Crippen LogP contribution in [0.5, 0.6) is 0 Å². The Morgan fingerprint density at radius 3 is 2.72 bits per heavy atom. The zero-order chi connectivity index (χ0) is 22.1. The first-order valence-electron chi connectivity index (χ1n) is 9.96. The molecule has 2 unspecified atom stereocenters. The van der Waals surface area contributed by atoms with Crippen molar-refractivity contribution in [3.63, 3.8) is 0 Å². The van der Waals surface area contributed by atoms with Crippen molar-refractivity contribution in [3.05, 3.63) is 63.8 Å². The van der Waals surface area contributed by atoms with Gasteiger partial charge in [-0.15, -0.1) is 12.4 Å². The number of imidazole rings is 1. The molecule has 4 rings (SSSR count). The molecule has 3 aromatic rings. The topological polar surface area (TPSA) is 129 Å². The molecule has 4 N–H and O–H groups in total. The Morgan fingerprint density at radius 1 is 1.38 bits per heavy atom. The first kappa shape index (κ1) is 23.5. The van der Waals surface area contributed by atoms with Crippen LogP contribution in [0.1, 0.15) is 18.1 Å². The summed E-state index contributed by atoms with van der Waals surface area (Å²) in [6.07, 6.45) is 2.36. The number of carboxylic acids is 1. The Morgan fingerprint density at radius 2 is 2.12 bits per heavy atom. The van der Waals surface area contributed by atoms with Crippen molar-refractivity contribution in [2.24, 2.45) is 0 Å². The van der Waals surface area contributed by atoms with E-state index in [1.807, 2.05) is 24.3 Å². The van der Waals surface area contributed by atoms with Gasteiger partial charge < -0.3 is 24.5 Å². The van der Waals surface area contributed by atoms with Crippen molar-refractivity contribution < 1.29 is 19.7 Å². The van der Waals surface area contributed by atoms with E-state index >= 15 is 0 Å². The highest BCUT2D eigenvalue weighted by Gasteiger charge is 2.22. The Balaban J connectivity index is 0.00000289. The lowest BCUT2D eigenvalue weighted by Gasteiger charge is -2.18. The van der Waals surface area contributed by atoms with Crippen LogP contribution in [-0.4, -0.2) is 49.5 Å². The quantitative estimate of drug-likeness (QED) is 0.404. The number of hydrogen-bond acceptors (Lipinski definition) is 6. The minimum Gasteiger partial charge on any atom is -0.497 e. The maximum absolute atomic E-state index is 11.8. The molecule has 9 nitrogen and oxygen atoms in total. The number of benzene rings is 1. The second-order valence-corrected chi connectivity index (χ2v) is 7.77. The van der Waals surface area contributed by atoms with Crippen molar-refractivity contribution in [3.8, 4) is 11.4 Å². The average Bonchev–Trinajstić information content (AvgIpc) is 3.04. The van der Waals surface area contributed by atoms with Gasteiger partial charge in [-0.3, -0.25) is 14.9 Å². The fraction of sp³-hybridized carbons (Fsp3) is 0.318. The summed E-state index contributed by atoms with van der Waals surface area (Å²) in [7, 11) is 0. The van der Waals surface area contributed by atoms with Gasteiger partial charge >= 0.3 is 5.97 Å². The molecule has 0 aliphatic carbocycles. The molecule has 0 radical (unpaired) electrons. The van der Waals surface area contributed by atoms with Gasteiger partial charge in [0.25, 0.3) is 5.56 Å². The van der Waals surface area contributed by atoms with Gasteiger partial charge in [-0.1, -0.05) is 6.07 Å². The number of H-pyrrole nitrogens is 1. The zero-order valence-corrected chi connectivity index (χ0v) is 18.5. The first-order chi connectivity index (χ1) is 14.8. The number of aliphatic carboxylic acids is 1. The van der Waals surface area contributed by atoms with Crippen LogP contribution in [0.15, 0.2) is 47.1 Å². The molecule has 0 spiro atoms. The van der Waals surface area contributed by atoms with Crippen molar-refractivity contribution >= 4 is 29.4 Å². The van der Waals surface area contributed by atoms with Gasteiger partial charge in [0.2, 0.25) is 0 Å². The van der Waals surface area contributed by atoms with Crippen molar-refractivity contribution in [2.75, 3.05) is 6.61 Å². The van der Waals surface area contributed by atoms with Gasteiger partial charge in [-0.05, 0) is 37.6 Å². The maximum atomic E-state index is 11.8. The minimum atomic E-state index is -1.10. The molecule has 32 heavy (non-hydrogen) atoms. The summed E-state index contributed by atoms with van der Waals surface area (Å²) >= 11 is 0. The number of carboxylic acid groups (broad SMARTS) is 1. The number of aromatic nitrogens is 3. The SMILES string of the molecule is Cc1cc(-c2nc3cc(CNC(C(=O)O)C(C)O)ccc3n2CC2=COC2)c[nH]c1=O.Cl. The molecule has 0 bridgehead atoms. The third kappa shape index (κ3) is 4.69. The molecule has 10 heteroatoms. The first-order valence-corrected chi connectivity index (χ1v) is 9.96. The van der Waals surface area contributed by atoms with E-state index in [1.54, 1.807) is 19.4 Å². The molecule has 1 aliphatic rings. The van der Waals surface area contributed by atoms with Gasteiger partial charge in [0.1, 0.15) is 18.5 Å². The molecule has 170 valence electrons. The van der Waals surface area contributed by atoms with Gasteiger partial charge in [0.05, 0.1) is 29.9 Å². The summed E-state index contributed by atoms with van der Waals surface area (Å²) in [6, 6.07) is 6.50. The van der Waals surface area contributed by atoms with Gasteiger partial charge in [-0.25, -0.2) is 4.98 Å². The van der Waals surface area contributed by atoms with E-state index in [0.29, 0.717) is 18.7 Å². The van der Waals surface area contributed by atoms with Crippen LogP contribution in [0.25, 0.3) is 22.4 Å². The average molecular weight is 461 g/mol. The van der Waals surface area contributed by atoms with E-state index in [4.69, 9.17) is 9.72 Å². The van der Waals surface area contributed by atoms with E-state index in [1.165, 1.54) is 6.92 Å². The number of aryl methyl sites for hydroxylation is 1. The molecule has 2 aromatic heterocycles. The molecule has 0 fully saturated rings. The highest BCUT2D eigenvalue weighted by atomic mass is 35.5. The van der Waals surface area contributed by atoms with E-state index in [-0.39, 0.29) is 24.5 Å². The van der Waals surface area contributed by atoms with E-state index in [9.17, 15) is 19.8 Å². The summed E-state index contributed by atoms with van der Waals surface area (Å²) in [5, 5.41) is 21.8. The lowest BCUT2D eigenvalue weighted by molar-refractivity contribution is -0.142. The number of aliphatic hydroxyl groups excluding tert-OH is 1. The number of aliphatic hydroxyl groups is 1. The standard InChI is InChI=1S/C22H24N4O5.ClH/c1-12-5-16(8-24-21(12)28)20-25-17-6-14(7-23-19(13(2)27)22(29)30)3-4-18(17)26(20)9-15-10-31-11-15;/h3-6,8,10,13,19,23,27H,7,9,11H2,1-2H3,(H,24,28)(H,29,30);1H. The second kappa shape index (κ2) is 9.56. The molecule has 3 heterocycles. The van der Waals surface area contributed by atoms with Crippen LogP contribution in [0.3, 0.4) is 0 Å². The van der Waals surface area contributed by atoms with Crippen molar-refractivity contribution in [2.45, 2.75) is 39.1 Å². The normalized spacial score (nSPS) is 14.7. The summed E-state index contributed by atoms with van der Waals surface area (Å²) in [5.74, 6) is -0.383. The van der Waals surface area contributed by atoms with Crippen LogP contribution in [-0.2, 0) is 22.6 Å². The largest absolute Gasteiger partial charge is 0.497 e. The highest BCUT2D eigenvalue weighted by Crippen LogP contribution is 2.27. The van der Waals surface area contributed by atoms with E-state index < -0.39 is 18.1 Å². The molecular formula is C22H25ClN4O5. The summed E-state index contributed by atoms with van der Waals surface area (Å²) in [6.45, 7) is 4.65. The number of fused-ring (bicyclic) bond motifs is 1. The van der Waals surface area contributed by atoms with E-state index in [0.717, 1.165) is 33.6 Å². The number of aromatic amines is 1. The number of carbonyl (C=O) groups is 1. The van der Waals surface area contributed by atoms with Crippen molar-refractivity contribution in [1.82, 2.24) is 19.9 Å².